The third-order valence-electron chi connectivity index (χ3n) is 3.26. The molecule has 0 unspecified atom stereocenters. The lowest BCUT2D eigenvalue weighted by molar-refractivity contribution is 0.354. The van der Waals surface area contributed by atoms with Crippen LogP contribution in [0, 0.1) is 0 Å². The first-order chi connectivity index (χ1) is 8.33. The van der Waals surface area contributed by atoms with Gasteiger partial charge in [-0.3, -0.25) is 5.10 Å². The summed E-state index contributed by atoms with van der Waals surface area (Å²) >= 11 is 0. The number of aromatic amines is 1. The number of rotatable bonds is 2. The quantitative estimate of drug-likeness (QED) is 0.871. The van der Waals surface area contributed by atoms with Crippen LogP contribution in [0.4, 0.5) is 0 Å². The number of aryl methyl sites for hydroxylation is 2. The minimum atomic E-state index is 0. The molecule has 3 N–H and O–H groups in total. The van der Waals surface area contributed by atoms with Gasteiger partial charge in [0, 0.05) is 5.56 Å². The maximum absolute atomic E-state index is 5.33. The summed E-state index contributed by atoms with van der Waals surface area (Å²) in [5, 5.41) is 7.16. The molecule has 1 heterocycles. The summed E-state index contributed by atoms with van der Waals surface area (Å²) in [6.45, 7) is 0. The van der Waals surface area contributed by atoms with Gasteiger partial charge in [0.1, 0.15) is 0 Å². The Kier molecular flexibility index (Phi) is 3.25. The Balaban J connectivity index is 0.00000120. The van der Waals surface area contributed by atoms with Crippen LogP contribution in [0.15, 0.2) is 18.3 Å². The SMILES string of the molecule is COc1cc2c(cc1OC)-c1[nH]ncc1CC2.O. The number of nitrogens with one attached hydrogen (secondary N) is 1. The molecule has 96 valence electrons. The highest BCUT2D eigenvalue weighted by molar-refractivity contribution is 5.72. The number of fused-ring (bicyclic) bond motifs is 3. The number of H-pyrrole nitrogens is 1. The third kappa shape index (κ3) is 1.73. The fourth-order valence-corrected chi connectivity index (χ4v) is 2.36. The van der Waals surface area contributed by atoms with Gasteiger partial charge < -0.3 is 14.9 Å². The van der Waals surface area contributed by atoms with E-state index in [1.165, 1.54) is 16.7 Å². The summed E-state index contributed by atoms with van der Waals surface area (Å²) < 4.78 is 10.7. The summed E-state index contributed by atoms with van der Waals surface area (Å²) in [6.07, 6.45) is 3.94. The maximum Gasteiger partial charge on any atom is 0.161 e. The van der Waals surface area contributed by atoms with E-state index in [2.05, 4.69) is 16.3 Å². The lowest BCUT2D eigenvalue weighted by atomic mass is 9.90. The normalized spacial score (nSPS) is 12.1. The van der Waals surface area contributed by atoms with Crippen molar-refractivity contribution < 1.29 is 14.9 Å². The number of hydrogen-bond donors (Lipinski definition) is 1. The molecule has 0 saturated carbocycles. The van der Waals surface area contributed by atoms with Crippen molar-refractivity contribution >= 4 is 0 Å². The first-order valence-corrected chi connectivity index (χ1v) is 5.61. The van der Waals surface area contributed by atoms with Crippen molar-refractivity contribution in [1.29, 1.82) is 0 Å². The molecule has 3 rings (SSSR count). The molecular weight excluding hydrogens is 232 g/mol. The highest BCUT2D eigenvalue weighted by atomic mass is 16.5. The van der Waals surface area contributed by atoms with E-state index in [0.717, 1.165) is 30.0 Å². The molecule has 0 aliphatic heterocycles. The number of hydrogen-bond acceptors (Lipinski definition) is 3. The molecule has 5 heteroatoms. The largest absolute Gasteiger partial charge is 0.493 e. The van der Waals surface area contributed by atoms with Crippen molar-refractivity contribution in [3.05, 3.63) is 29.5 Å². The minimum Gasteiger partial charge on any atom is -0.493 e. The first kappa shape index (κ1) is 12.4. The first-order valence-electron chi connectivity index (χ1n) is 5.61. The summed E-state index contributed by atoms with van der Waals surface area (Å²) in [6, 6.07) is 4.07. The zero-order valence-electron chi connectivity index (χ0n) is 10.4. The van der Waals surface area contributed by atoms with E-state index in [4.69, 9.17) is 9.47 Å². The van der Waals surface area contributed by atoms with E-state index in [9.17, 15) is 0 Å². The Bertz CT molecular complexity index is 563. The predicted molar refractivity (Wildman–Crippen MR) is 68.1 cm³/mol. The van der Waals surface area contributed by atoms with Crippen molar-refractivity contribution in [2.75, 3.05) is 14.2 Å². The molecule has 5 nitrogen and oxygen atoms in total. The standard InChI is InChI=1S/C13H14N2O2.H2O/c1-16-11-5-8-3-4-9-7-14-15-13(9)10(8)6-12(11)17-2;/h5-7H,3-4H2,1-2H3,(H,14,15);1H2. The average Bonchev–Trinajstić information content (AvgIpc) is 2.85. The highest BCUT2D eigenvalue weighted by Gasteiger charge is 2.20. The minimum absolute atomic E-state index is 0. The fourth-order valence-electron chi connectivity index (χ4n) is 2.36. The summed E-state index contributed by atoms with van der Waals surface area (Å²) in [7, 11) is 3.32. The topological polar surface area (TPSA) is 78.6 Å². The Hall–Kier alpha value is -2.01. The molecule has 2 aromatic rings. The molecule has 1 aliphatic carbocycles. The van der Waals surface area contributed by atoms with Crippen LogP contribution in [0.25, 0.3) is 11.3 Å². The van der Waals surface area contributed by atoms with Gasteiger partial charge in [-0.15, -0.1) is 0 Å². The van der Waals surface area contributed by atoms with Crippen LogP contribution in [0.5, 0.6) is 11.5 Å². The van der Waals surface area contributed by atoms with Gasteiger partial charge in [-0.2, -0.15) is 5.10 Å². The molecule has 0 bridgehead atoms. The lowest BCUT2D eigenvalue weighted by Crippen LogP contribution is -2.04. The number of nitrogens with zero attached hydrogens (tertiary/aromatic N) is 1. The molecule has 0 amide bonds. The van der Waals surface area contributed by atoms with Crippen molar-refractivity contribution in [2.24, 2.45) is 0 Å². The molecule has 0 spiro atoms. The molecule has 0 radical (unpaired) electrons. The molecule has 0 saturated heterocycles. The van der Waals surface area contributed by atoms with Crippen molar-refractivity contribution in [3.63, 3.8) is 0 Å². The van der Waals surface area contributed by atoms with Gasteiger partial charge in [0.2, 0.25) is 0 Å². The van der Waals surface area contributed by atoms with E-state index >= 15 is 0 Å². The van der Waals surface area contributed by atoms with Crippen molar-refractivity contribution in [2.45, 2.75) is 12.8 Å². The second kappa shape index (κ2) is 4.70. The zero-order valence-corrected chi connectivity index (χ0v) is 10.4. The Morgan fingerprint density at radius 3 is 2.44 bits per heavy atom. The van der Waals surface area contributed by atoms with Gasteiger partial charge in [-0.25, -0.2) is 0 Å². The summed E-state index contributed by atoms with van der Waals surface area (Å²) in [5.74, 6) is 1.54. The smallest absolute Gasteiger partial charge is 0.161 e. The molecule has 18 heavy (non-hydrogen) atoms. The van der Waals surface area contributed by atoms with E-state index in [0.29, 0.717) is 0 Å². The number of methoxy groups -OCH3 is 2. The molecule has 1 aliphatic rings. The highest BCUT2D eigenvalue weighted by Crippen LogP contribution is 2.39. The van der Waals surface area contributed by atoms with Crippen LogP contribution in [-0.2, 0) is 12.8 Å². The van der Waals surface area contributed by atoms with Crippen LogP contribution in [0.1, 0.15) is 11.1 Å². The molecule has 1 aromatic carbocycles. The average molecular weight is 248 g/mol. The van der Waals surface area contributed by atoms with E-state index in [1.54, 1.807) is 14.2 Å². The van der Waals surface area contributed by atoms with Crippen LogP contribution in [-0.4, -0.2) is 29.9 Å². The monoisotopic (exact) mass is 248 g/mol. The second-order valence-electron chi connectivity index (χ2n) is 4.13. The van der Waals surface area contributed by atoms with E-state index < -0.39 is 0 Å². The van der Waals surface area contributed by atoms with Gasteiger partial charge in [0.25, 0.3) is 0 Å². The van der Waals surface area contributed by atoms with Crippen LogP contribution >= 0.6 is 0 Å². The van der Waals surface area contributed by atoms with E-state index in [-0.39, 0.29) is 5.48 Å². The lowest BCUT2D eigenvalue weighted by Gasteiger charge is -2.18. The van der Waals surface area contributed by atoms with Gasteiger partial charge in [-0.05, 0) is 36.1 Å². The molecule has 0 fully saturated rings. The second-order valence-corrected chi connectivity index (χ2v) is 4.13. The van der Waals surface area contributed by atoms with Crippen LogP contribution in [0.2, 0.25) is 0 Å². The Labute approximate surface area is 105 Å². The van der Waals surface area contributed by atoms with Crippen LogP contribution < -0.4 is 9.47 Å². The Morgan fingerprint density at radius 2 is 1.72 bits per heavy atom. The molecular formula is C13H16N2O3. The van der Waals surface area contributed by atoms with Gasteiger partial charge in [-0.1, -0.05) is 0 Å². The van der Waals surface area contributed by atoms with Crippen molar-refractivity contribution in [3.8, 4) is 22.8 Å². The Morgan fingerprint density at radius 1 is 1.06 bits per heavy atom. The van der Waals surface area contributed by atoms with Gasteiger partial charge >= 0.3 is 0 Å². The van der Waals surface area contributed by atoms with Gasteiger partial charge in [0.05, 0.1) is 26.1 Å². The van der Waals surface area contributed by atoms with Gasteiger partial charge in [0.15, 0.2) is 11.5 Å². The number of benzene rings is 1. The molecule has 1 aromatic heterocycles. The van der Waals surface area contributed by atoms with Crippen LogP contribution in [0.3, 0.4) is 0 Å². The van der Waals surface area contributed by atoms with Crippen molar-refractivity contribution in [1.82, 2.24) is 10.2 Å². The summed E-state index contributed by atoms with van der Waals surface area (Å²) in [5.41, 5.74) is 4.82. The van der Waals surface area contributed by atoms with E-state index in [1.807, 2.05) is 12.3 Å². The maximum atomic E-state index is 5.33. The summed E-state index contributed by atoms with van der Waals surface area (Å²) in [4.78, 5) is 0. The molecule has 0 atom stereocenters. The fraction of sp³-hybridized carbons (Fsp3) is 0.308. The third-order valence-corrected chi connectivity index (χ3v) is 3.26. The zero-order chi connectivity index (χ0) is 11.8. The number of ether oxygens (including phenoxy) is 2. The predicted octanol–water partition coefficient (Wildman–Crippen LogP) is 1.37. The number of aromatic nitrogens is 2.